The van der Waals surface area contributed by atoms with E-state index in [1.807, 2.05) is 0 Å². The number of ether oxygens (including phenoxy) is 3. The summed E-state index contributed by atoms with van der Waals surface area (Å²) in [5, 5.41) is 0. The van der Waals surface area contributed by atoms with Gasteiger partial charge in [-0.3, -0.25) is 14.4 Å². The summed E-state index contributed by atoms with van der Waals surface area (Å²) in [6.07, 6.45) is 65.7. The Bertz CT molecular complexity index is 1240. The third-order valence-electron chi connectivity index (χ3n) is 10.9. The molecule has 0 spiro atoms. The summed E-state index contributed by atoms with van der Waals surface area (Å²) in [5.41, 5.74) is 0. The van der Waals surface area contributed by atoms with Gasteiger partial charge in [0.05, 0.1) is 0 Å². The fourth-order valence-corrected chi connectivity index (χ4v) is 7.01. The number of carbonyl (C=O) groups excluding carboxylic acids is 3. The van der Waals surface area contributed by atoms with E-state index in [0.717, 1.165) is 96.3 Å². The van der Waals surface area contributed by atoms with E-state index < -0.39 is 6.10 Å². The van der Waals surface area contributed by atoms with E-state index in [-0.39, 0.29) is 31.1 Å². The molecule has 360 valence electrons. The van der Waals surface area contributed by atoms with Crippen molar-refractivity contribution in [2.24, 2.45) is 0 Å². The second-order valence-electron chi connectivity index (χ2n) is 17.0. The van der Waals surface area contributed by atoms with Gasteiger partial charge in [-0.05, 0) is 103 Å². The predicted molar refractivity (Wildman–Crippen MR) is 270 cm³/mol. The van der Waals surface area contributed by atoms with Crippen LogP contribution >= 0.6 is 0 Å². The third-order valence-corrected chi connectivity index (χ3v) is 10.9. The topological polar surface area (TPSA) is 78.9 Å². The van der Waals surface area contributed by atoms with Crippen molar-refractivity contribution in [1.29, 1.82) is 0 Å². The van der Waals surface area contributed by atoms with Crippen LogP contribution in [-0.2, 0) is 28.6 Å². The highest BCUT2D eigenvalue weighted by atomic mass is 16.6. The maximum absolute atomic E-state index is 12.8. The van der Waals surface area contributed by atoms with Crippen LogP contribution < -0.4 is 0 Å². The lowest BCUT2D eigenvalue weighted by Crippen LogP contribution is -2.30. The monoisotopic (exact) mass is 877 g/mol. The Morgan fingerprint density at radius 2 is 0.667 bits per heavy atom. The van der Waals surface area contributed by atoms with Gasteiger partial charge in [0.15, 0.2) is 6.10 Å². The molecule has 0 N–H and O–H groups in total. The first kappa shape index (κ1) is 59.6. The minimum absolute atomic E-state index is 0.0942. The van der Waals surface area contributed by atoms with Gasteiger partial charge < -0.3 is 14.2 Å². The molecule has 0 radical (unpaired) electrons. The van der Waals surface area contributed by atoms with Crippen LogP contribution in [0.4, 0.5) is 0 Å². The molecule has 6 nitrogen and oxygen atoms in total. The molecule has 0 aromatic heterocycles. The standard InChI is InChI=1S/C57H96O6/c1-4-7-10-13-16-19-22-25-27-28-29-30-31-33-35-38-41-44-47-50-56(59)62-53-54(52-61-55(58)49-46-43-40-37-34-24-21-18-15-12-9-6-3)63-57(60)51-48-45-42-39-36-32-26-23-20-17-14-11-8-5-2/h8-9,11-12,16-22,25,34,37,54H,4-7,10,13-15,23-24,26-33,35-36,38-53H2,1-3H3/b11-8-,12-9-,19-16-,20-17-,21-18-,25-22-,37-34-. The zero-order valence-electron chi connectivity index (χ0n) is 41.1. The molecule has 63 heavy (non-hydrogen) atoms. The average molecular weight is 877 g/mol. The van der Waals surface area contributed by atoms with E-state index in [9.17, 15) is 14.4 Å². The molecule has 6 heteroatoms. The molecular weight excluding hydrogens is 781 g/mol. The molecule has 0 fully saturated rings. The van der Waals surface area contributed by atoms with Gasteiger partial charge in [0, 0.05) is 19.3 Å². The van der Waals surface area contributed by atoms with Crippen molar-refractivity contribution >= 4 is 17.9 Å². The summed E-state index contributed by atoms with van der Waals surface area (Å²) in [7, 11) is 0. The summed E-state index contributed by atoms with van der Waals surface area (Å²) in [4.78, 5) is 38.0. The molecule has 0 saturated carbocycles. The Labute approximate surface area is 388 Å². The second-order valence-corrected chi connectivity index (χ2v) is 17.0. The molecule has 0 aliphatic carbocycles. The van der Waals surface area contributed by atoms with E-state index in [4.69, 9.17) is 14.2 Å². The fourth-order valence-electron chi connectivity index (χ4n) is 7.01. The molecule has 0 aliphatic heterocycles. The number of hydrogen-bond acceptors (Lipinski definition) is 6. The van der Waals surface area contributed by atoms with Crippen LogP contribution in [0.15, 0.2) is 85.1 Å². The van der Waals surface area contributed by atoms with Crippen molar-refractivity contribution in [3.8, 4) is 0 Å². The van der Waals surface area contributed by atoms with Gasteiger partial charge in [0.25, 0.3) is 0 Å². The quantitative estimate of drug-likeness (QED) is 0.0199. The highest BCUT2D eigenvalue weighted by Crippen LogP contribution is 2.14. The molecule has 1 unspecified atom stereocenters. The molecule has 0 aliphatic rings. The van der Waals surface area contributed by atoms with Crippen molar-refractivity contribution in [2.45, 2.75) is 245 Å². The SMILES string of the molecule is CC/C=C\C/C=C\C/C=C\CCCCC(=O)OCC(COC(=O)CCCCCCCCCCCC/C=C\C=C/CCCCC)OC(=O)CCCCCCCCC/C=C\C/C=C\CC. The average Bonchev–Trinajstić information content (AvgIpc) is 3.28. The fraction of sp³-hybridized carbons (Fsp3) is 0.702. The van der Waals surface area contributed by atoms with Crippen LogP contribution in [0.5, 0.6) is 0 Å². The van der Waals surface area contributed by atoms with Crippen molar-refractivity contribution in [1.82, 2.24) is 0 Å². The number of allylic oxidation sites excluding steroid dienone is 14. The number of hydrogen-bond donors (Lipinski definition) is 0. The number of rotatable bonds is 46. The molecular formula is C57H96O6. The van der Waals surface area contributed by atoms with Gasteiger partial charge in [-0.1, -0.05) is 202 Å². The zero-order valence-corrected chi connectivity index (χ0v) is 41.1. The largest absolute Gasteiger partial charge is 0.462 e. The number of carbonyl (C=O) groups is 3. The van der Waals surface area contributed by atoms with E-state index in [2.05, 4.69) is 106 Å². The number of esters is 3. The second kappa shape index (κ2) is 51.2. The molecule has 0 saturated heterocycles. The highest BCUT2D eigenvalue weighted by Gasteiger charge is 2.19. The van der Waals surface area contributed by atoms with Gasteiger partial charge in [0.2, 0.25) is 0 Å². The molecule has 0 rings (SSSR count). The molecule has 0 aromatic carbocycles. The van der Waals surface area contributed by atoms with E-state index >= 15 is 0 Å². The Kier molecular flexibility index (Phi) is 48.5. The minimum atomic E-state index is -0.797. The van der Waals surface area contributed by atoms with Gasteiger partial charge in [-0.25, -0.2) is 0 Å². The lowest BCUT2D eigenvalue weighted by atomic mass is 10.1. The van der Waals surface area contributed by atoms with Gasteiger partial charge in [-0.2, -0.15) is 0 Å². The van der Waals surface area contributed by atoms with Crippen LogP contribution in [0, 0.1) is 0 Å². The van der Waals surface area contributed by atoms with Crippen LogP contribution in [0.25, 0.3) is 0 Å². The Balaban J connectivity index is 4.39. The lowest BCUT2D eigenvalue weighted by Gasteiger charge is -2.18. The normalized spacial score (nSPS) is 12.7. The molecule has 0 aromatic rings. The molecule has 1 atom stereocenters. The molecule has 0 amide bonds. The summed E-state index contributed by atoms with van der Waals surface area (Å²) < 4.78 is 16.8. The first-order valence-corrected chi connectivity index (χ1v) is 26.1. The predicted octanol–water partition coefficient (Wildman–Crippen LogP) is 17.2. The zero-order chi connectivity index (χ0) is 45.8. The lowest BCUT2D eigenvalue weighted by molar-refractivity contribution is -0.167. The van der Waals surface area contributed by atoms with Crippen molar-refractivity contribution in [2.75, 3.05) is 13.2 Å². The summed E-state index contributed by atoms with van der Waals surface area (Å²) in [5.74, 6) is -0.948. The summed E-state index contributed by atoms with van der Waals surface area (Å²) in [6.45, 7) is 6.34. The Hall–Kier alpha value is -3.41. The third kappa shape index (κ3) is 49.5. The van der Waals surface area contributed by atoms with Crippen LogP contribution in [0.1, 0.15) is 239 Å². The molecule has 0 bridgehead atoms. The van der Waals surface area contributed by atoms with Crippen molar-refractivity contribution < 1.29 is 28.6 Å². The van der Waals surface area contributed by atoms with Gasteiger partial charge in [-0.15, -0.1) is 0 Å². The van der Waals surface area contributed by atoms with E-state index in [1.54, 1.807) is 0 Å². The minimum Gasteiger partial charge on any atom is -0.462 e. The van der Waals surface area contributed by atoms with E-state index in [0.29, 0.717) is 19.3 Å². The maximum Gasteiger partial charge on any atom is 0.306 e. The van der Waals surface area contributed by atoms with E-state index in [1.165, 1.54) is 103 Å². The van der Waals surface area contributed by atoms with Crippen molar-refractivity contribution in [3.63, 3.8) is 0 Å². The smallest absolute Gasteiger partial charge is 0.306 e. The first-order valence-electron chi connectivity index (χ1n) is 26.1. The Morgan fingerprint density at radius 1 is 0.349 bits per heavy atom. The number of unbranched alkanes of at least 4 members (excludes halogenated alkanes) is 22. The summed E-state index contributed by atoms with van der Waals surface area (Å²) in [6, 6.07) is 0. The van der Waals surface area contributed by atoms with Crippen molar-refractivity contribution in [3.05, 3.63) is 85.1 Å². The maximum atomic E-state index is 12.8. The highest BCUT2D eigenvalue weighted by molar-refractivity contribution is 5.71. The van der Waals surface area contributed by atoms with Gasteiger partial charge in [0.1, 0.15) is 13.2 Å². The van der Waals surface area contributed by atoms with Gasteiger partial charge >= 0.3 is 17.9 Å². The van der Waals surface area contributed by atoms with Crippen LogP contribution in [-0.4, -0.2) is 37.2 Å². The Morgan fingerprint density at radius 3 is 1.10 bits per heavy atom. The summed E-state index contributed by atoms with van der Waals surface area (Å²) >= 11 is 0. The van der Waals surface area contributed by atoms with Crippen LogP contribution in [0.2, 0.25) is 0 Å². The van der Waals surface area contributed by atoms with Crippen LogP contribution in [0.3, 0.4) is 0 Å². The first-order chi connectivity index (χ1) is 31.0. The molecule has 0 heterocycles.